The Balaban J connectivity index is 2.14. The first-order chi connectivity index (χ1) is 12.0. The maximum absolute atomic E-state index is 5.51. The minimum Gasteiger partial charge on any atom is -0.496 e. The average molecular weight is 330 g/mol. The number of hydrogen-bond acceptors (Lipinski definition) is 3. The molecule has 3 heteroatoms. The molecule has 0 radical (unpaired) electrons. The molecule has 2 aromatic carbocycles. The summed E-state index contributed by atoms with van der Waals surface area (Å²) in [7, 11) is 1.70. The Morgan fingerprint density at radius 3 is 2.56 bits per heavy atom. The first-order valence-electron chi connectivity index (χ1n) is 8.40. The van der Waals surface area contributed by atoms with Crippen LogP contribution in [0.2, 0.25) is 0 Å². The Labute approximate surface area is 149 Å². The summed E-state index contributed by atoms with van der Waals surface area (Å²) in [5.74, 6) is 3.56. The molecule has 0 unspecified atom stereocenters. The van der Waals surface area contributed by atoms with Crippen molar-refractivity contribution < 1.29 is 4.74 Å². The molecular formula is C22H22N2O. The molecule has 0 spiro atoms. The van der Waals surface area contributed by atoms with E-state index in [1.807, 2.05) is 19.1 Å². The number of aromatic nitrogens is 2. The Hall–Kier alpha value is -2.86. The minimum atomic E-state index is 0.728. The summed E-state index contributed by atoms with van der Waals surface area (Å²) in [6.07, 6.45) is 6.96. The number of rotatable bonds is 4. The van der Waals surface area contributed by atoms with Crippen LogP contribution < -0.4 is 4.74 Å². The fourth-order valence-corrected chi connectivity index (χ4v) is 3.01. The third-order valence-corrected chi connectivity index (χ3v) is 4.57. The summed E-state index contributed by atoms with van der Waals surface area (Å²) >= 11 is 0. The molecule has 0 amide bonds. The van der Waals surface area contributed by atoms with Crippen molar-refractivity contribution in [1.29, 1.82) is 0 Å². The van der Waals surface area contributed by atoms with Crippen LogP contribution in [0.5, 0.6) is 5.75 Å². The van der Waals surface area contributed by atoms with Crippen LogP contribution in [0.25, 0.3) is 22.3 Å². The number of terminal acetylenes is 1. The largest absolute Gasteiger partial charge is 0.496 e. The lowest BCUT2D eigenvalue weighted by atomic mass is 10.0. The molecule has 3 nitrogen and oxygen atoms in total. The Morgan fingerprint density at radius 2 is 1.84 bits per heavy atom. The Bertz CT molecular complexity index is 983. The van der Waals surface area contributed by atoms with Crippen molar-refractivity contribution >= 4 is 11.0 Å². The van der Waals surface area contributed by atoms with Gasteiger partial charge in [0.25, 0.3) is 0 Å². The first-order valence-corrected chi connectivity index (χ1v) is 8.40. The van der Waals surface area contributed by atoms with Crippen molar-refractivity contribution in [2.75, 3.05) is 7.11 Å². The van der Waals surface area contributed by atoms with Crippen LogP contribution in [0.4, 0.5) is 0 Å². The molecule has 0 aliphatic rings. The fraction of sp³-hybridized carbons (Fsp3) is 0.273. The van der Waals surface area contributed by atoms with Gasteiger partial charge in [-0.1, -0.05) is 6.07 Å². The van der Waals surface area contributed by atoms with Gasteiger partial charge >= 0.3 is 0 Å². The quantitative estimate of drug-likeness (QED) is 0.645. The van der Waals surface area contributed by atoms with Gasteiger partial charge in [-0.3, -0.25) is 0 Å². The van der Waals surface area contributed by atoms with Crippen LogP contribution in [-0.4, -0.2) is 17.1 Å². The molecule has 1 heterocycles. The topological polar surface area (TPSA) is 35.0 Å². The normalized spacial score (nSPS) is 10.7. The van der Waals surface area contributed by atoms with E-state index in [2.05, 4.69) is 38.0 Å². The van der Waals surface area contributed by atoms with Crippen molar-refractivity contribution in [3.05, 3.63) is 52.7 Å². The van der Waals surface area contributed by atoms with Gasteiger partial charge in [0, 0.05) is 12.0 Å². The standard InChI is InChI=1S/C22H22N2O/c1-6-7-8-17-9-10-19-20(12-17)24-22(16(4)23-19)18-11-14(2)15(3)21(13-18)25-5/h1,9-13H,7-8H2,2-5H3. The summed E-state index contributed by atoms with van der Waals surface area (Å²) in [6.45, 7) is 6.15. The van der Waals surface area contributed by atoms with Gasteiger partial charge < -0.3 is 4.74 Å². The van der Waals surface area contributed by atoms with E-state index in [1.54, 1.807) is 7.11 Å². The molecule has 3 aromatic rings. The summed E-state index contributed by atoms with van der Waals surface area (Å²) in [4.78, 5) is 9.63. The smallest absolute Gasteiger partial charge is 0.122 e. The van der Waals surface area contributed by atoms with Crippen LogP contribution in [0.15, 0.2) is 30.3 Å². The lowest BCUT2D eigenvalue weighted by molar-refractivity contribution is 0.411. The van der Waals surface area contributed by atoms with Crippen LogP contribution in [0, 0.1) is 33.1 Å². The molecule has 3 rings (SSSR count). The van der Waals surface area contributed by atoms with E-state index >= 15 is 0 Å². The lowest BCUT2D eigenvalue weighted by Crippen LogP contribution is -1.98. The van der Waals surface area contributed by atoms with E-state index < -0.39 is 0 Å². The van der Waals surface area contributed by atoms with Gasteiger partial charge in [-0.25, -0.2) is 9.97 Å². The monoisotopic (exact) mass is 330 g/mol. The van der Waals surface area contributed by atoms with Crippen LogP contribution in [0.3, 0.4) is 0 Å². The number of methoxy groups -OCH3 is 1. The third-order valence-electron chi connectivity index (χ3n) is 4.57. The number of ether oxygens (including phenoxy) is 1. The molecule has 0 aliphatic carbocycles. The zero-order chi connectivity index (χ0) is 18.0. The lowest BCUT2D eigenvalue weighted by Gasteiger charge is -2.13. The van der Waals surface area contributed by atoms with Gasteiger partial charge in [-0.05, 0) is 68.1 Å². The highest BCUT2D eigenvalue weighted by atomic mass is 16.5. The van der Waals surface area contributed by atoms with E-state index in [4.69, 9.17) is 21.1 Å². The second-order valence-electron chi connectivity index (χ2n) is 6.31. The second-order valence-corrected chi connectivity index (χ2v) is 6.31. The highest BCUT2D eigenvalue weighted by molar-refractivity contribution is 5.79. The van der Waals surface area contributed by atoms with E-state index in [1.165, 1.54) is 11.1 Å². The van der Waals surface area contributed by atoms with Crippen molar-refractivity contribution in [2.24, 2.45) is 0 Å². The Kier molecular flexibility index (Phi) is 4.72. The zero-order valence-electron chi connectivity index (χ0n) is 15.2. The predicted molar refractivity (Wildman–Crippen MR) is 103 cm³/mol. The maximum Gasteiger partial charge on any atom is 0.122 e. The van der Waals surface area contributed by atoms with Crippen molar-refractivity contribution in [3.8, 4) is 29.4 Å². The molecule has 0 fully saturated rings. The van der Waals surface area contributed by atoms with E-state index in [0.717, 1.165) is 52.1 Å². The van der Waals surface area contributed by atoms with Gasteiger partial charge in [-0.15, -0.1) is 12.3 Å². The summed E-state index contributed by atoms with van der Waals surface area (Å²) < 4.78 is 5.51. The summed E-state index contributed by atoms with van der Waals surface area (Å²) in [6, 6.07) is 10.4. The molecule has 0 atom stereocenters. The molecule has 1 aromatic heterocycles. The molecule has 25 heavy (non-hydrogen) atoms. The van der Waals surface area contributed by atoms with Crippen LogP contribution >= 0.6 is 0 Å². The highest BCUT2D eigenvalue weighted by Gasteiger charge is 2.12. The van der Waals surface area contributed by atoms with Gasteiger partial charge in [0.15, 0.2) is 0 Å². The number of benzene rings is 2. The van der Waals surface area contributed by atoms with E-state index in [9.17, 15) is 0 Å². The molecule has 0 saturated carbocycles. The molecule has 0 N–H and O–H groups in total. The van der Waals surface area contributed by atoms with Gasteiger partial charge in [0.05, 0.1) is 29.5 Å². The zero-order valence-corrected chi connectivity index (χ0v) is 15.2. The predicted octanol–water partition coefficient (Wildman–Crippen LogP) is 4.80. The number of nitrogens with zero attached hydrogens (tertiary/aromatic N) is 2. The first kappa shape index (κ1) is 17.0. The summed E-state index contributed by atoms with van der Waals surface area (Å²) in [5.41, 5.74) is 8.15. The van der Waals surface area contributed by atoms with E-state index in [0.29, 0.717) is 0 Å². The highest BCUT2D eigenvalue weighted by Crippen LogP contribution is 2.31. The van der Waals surface area contributed by atoms with Crippen LogP contribution in [-0.2, 0) is 6.42 Å². The molecule has 0 aliphatic heterocycles. The SMILES string of the molecule is C#CCCc1ccc2nc(C)c(-c3cc(C)c(C)c(OC)c3)nc2c1. The Morgan fingerprint density at radius 1 is 1.04 bits per heavy atom. The van der Waals surface area contributed by atoms with Gasteiger partial charge in [0.2, 0.25) is 0 Å². The average Bonchev–Trinajstić information content (AvgIpc) is 2.61. The minimum absolute atomic E-state index is 0.728. The molecule has 0 bridgehead atoms. The third kappa shape index (κ3) is 3.34. The summed E-state index contributed by atoms with van der Waals surface area (Å²) in [5, 5.41) is 0. The number of fused-ring (bicyclic) bond motifs is 1. The van der Waals surface area contributed by atoms with Gasteiger partial charge in [-0.2, -0.15) is 0 Å². The van der Waals surface area contributed by atoms with Crippen molar-refractivity contribution in [3.63, 3.8) is 0 Å². The molecule has 126 valence electrons. The molecular weight excluding hydrogens is 308 g/mol. The second kappa shape index (κ2) is 6.94. The molecule has 0 saturated heterocycles. The van der Waals surface area contributed by atoms with Crippen LogP contribution in [0.1, 0.15) is 28.8 Å². The van der Waals surface area contributed by atoms with Crippen molar-refractivity contribution in [2.45, 2.75) is 33.6 Å². The van der Waals surface area contributed by atoms with Crippen molar-refractivity contribution in [1.82, 2.24) is 9.97 Å². The maximum atomic E-state index is 5.51. The van der Waals surface area contributed by atoms with E-state index in [-0.39, 0.29) is 0 Å². The number of aryl methyl sites for hydroxylation is 3. The van der Waals surface area contributed by atoms with Gasteiger partial charge in [0.1, 0.15) is 5.75 Å². The fourth-order valence-electron chi connectivity index (χ4n) is 3.01. The number of hydrogen-bond donors (Lipinski definition) is 0.